The maximum atomic E-state index is 11.0. The molecule has 0 spiro atoms. The second-order valence-electron chi connectivity index (χ2n) is 6.71. The molecule has 0 saturated heterocycles. The predicted molar refractivity (Wildman–Crippen MR) is 85.6 cm³/mol. The third kappa shape index (κ3) is 4.31. The van der Waals surface area contributed by atoms with E-state index in [0.29, 0.717) is 17.5 Å². The number of hydrogen-bond donors (Lipinski definition) is 1. The minimum absolute atomic E-state index is 0.382. The zero-order chi connectivity index (χ0) is 15.4. The van der Waals surface area contributed by atoms with E-state index >= 15 is 0 Å². The fourth-order valence-corrected chi connectivity index (χ4v) is 3.31. The summed E-state index contributed by atoms with van der Waals surface area (Å²) in [4.78, 5) is 13.6. The van der Waals surface area contributed by atoms with Crippen molar-refractivity contribution < 1.29 is 9.90 Å². The third-order valence-corrected chi connectivity index (χ3v) is 4.40. The monoisotopic (exact) mass is 289 g/mol. The summed E-state index contributed by atoms with van der Waals surface area (Å²) >= 11 is 0. The maximum absolute atomic E-state index is 11.0. The lowest BCUT2D eigenvalue weighted by molar-refractivity contribution is 0.0696. The average molecular weight is 289 g/mol. The largest absolute Gasteiger partial charge is 0.478 e. The Labute approximate surface area is 128 Å². The number of carboxylic acids is 1. The van der Waals surface area contributed by atoms with Crippen molar-refractivity contribution >= 4 is 5.97 Å². The third-order valence-electron chi connectivity index (χ3n) is 4.40. The molecule has 116 valence electrons. The number of carbonyl (C=O) groups is 1. The van der Waals surface area contributed by atoms with Gasteiger partial charge in [0, 0.05) is 19.1 Å². The van der Waals surface area contributed by atoms with Gasteiger partial charge >= 0.3 is 5.97 Å². The number of rotatable bonds is 6. The van der Waals surface area contributed by atoms with Gasteiger partial charge in [0.1, 0.15) is 0 Å². The van der Waals surface area contributed by atoms with Crippen molar-refractivity contribution in [1.82, 2.24) is 4.90 Å². The number of aryl methyl sites for hydroxylation is 1. The minimum atomic E-state index is -0.848. The number of hydrogen-bond acceptors (Lipinski definition) is 2. The van der Waals surface area contributed by atoms with Crippen molar-refractivity contribution in [3.63, 3.8) is 0 Å². The highest BCUT2D eigenvalue weighted by Crippen LogP contribution is 2.26. The Kier molecular flexibility index (Phi) is 5.40. The number of nitrogens with zero attached hydrogens (tertiary/aromatic N) is 1. The molecule has 0 unspecified atom stereocenters. The van der Waals surface area contributed by atoms with E-state index in [1.54, 1.807) is 12.1 Å². The summed E-state index contributed by atoms with van der Waals surface area (Å²) in [7, 11) is 0. The topological polar surface area (TPSA) is 40.5 Å². The van der Waals surface area contributed by atoms with Crippen LogP contribution in [0, 0.1) is 12.8 Å². The lowest BCUT2D eigenvalue weighted by Gasteiger charge is -2.31. The van der Waals surface area contributed by atoms with Crippen molar-refractivity contribution in [3.05, 3.63) is 34.9 Å². The number of benzene rings is 1. The lowest BCUT2D eigenvalue weighted by atomic mass is 10.0. The van der Waals surface area contributed by atoms with Gasteiger partial charge in [0.2, 0.25) is 0 Å². The van der Waals surface area contributed by atoms with E-state index in [1.807, 2.05) is 13.0 Å². The molecule has 1 aromatic carbocycles. The van der Waals surface area contributed by atoms with Gasteiger partial charge in [-0.3, -0.25) is 4.90 Å². The molecule has 0 atom stereocenters. The smallest absolute Gasteiger partial charge is 0.335 e. The second-order valence-corrected chi connectivity index (χ2v) is 6.71. The van der Waals surface area contributed by atoms with E-state index in [4.69, 9.17) is 5.11 Å². The molecule has 1 aliphatic carbocycles. The van der Waals surface area contributed by atoms with Crippen LogP contribution >= 0.6 is 0 Å². The standard InChI is InChI=1S/C18H27NO2/c1-13(2)11-19(17-6-4-5-7-17)12-16-9-8-15(18(20)21)10-14(16)3/h8-10,13,17H,4-7,11-12H2,1-3H3,(H,20,21). The van der Waals surface area contributed by atoms with Crippen molar-refractivity contribution in [2.45, 2.75) is 59.0 Å². The Morgan fingerprint density at radius 1 is 1.33 bits per heavy atom. The fraction of sp³-hybridized carbons (Fsp3) is 0.611. The van der Waals surface area contributed by atoms with Gasteiger partial charge in [-0.2, -0.15) is 0 Å². The van der Waals surface area contributed by atoms with Gasteiger partial charge in [0.25, 0.3) is 0 Å². The molecule has 1 aliphatic rings. The number of aromatic carboxylic acids is 1. The summed E-state index contributed by atoms with van der Waals surface area (Å²) in [5, 5.41) is 9.06. The summed E-state index contributed by atoms with van der Waals surface area (Å²) in [5.74, 6) is -0.191. The fourth-order valence-electron chi connectivity index (χ4n) is 3.31. The molecule has 0 heterocycles. The van der Waals surface area contributed by atoms with Gasteiger partial charge in [-0.1, -0.05) is 32.8 Å². The molecule has 0 amide bonds. The van der Waals surface area contributed by atoms with Gasteiger partial charge in [0.05, 0.1) is 5.56 Å². The number of carboxylic acid groups (broad SMARTS) is 1. The van der Waals surface area contributed by atoms with Crippen LogP contribution in [0.5, 0.6) is 0 Å². The van der Waals surface area contributed by atoms with Crippen LogP contribution in [0.4, 0.5) is 0 Å². The van der Waals surface area contributed by atoms with E-state index in [2.05, 4.69) is 18.7 Å². The molecule has 21 heavy (non-hydrogen) atoms. The van der Waals surface area contributed by atoms with E-state index in [-0.39, 0.29) is 0 Å². The van der Waals surface area contributed by atoms with Crippen molar-refractivity contribution in [3.8, 4) is 0 Å². The molecule has 0 aliphatic heterocycles. The summed E-state index contributed by atoms with van der Waals surface area (Å²) in [6.07, 6.45) is 5.30. The Balaban J connectivity index is 2.13. The van der Waals surface area contributed by atoms with Crippen molar-refractivity contribution in [2.75, 3.05) is 6.54 Å². The highest BCUT2D eigenvalue weighted by Gasteiger charge is 2.23. The zero-order valence-corrected chi connectivity index (χ0v) is 13.4. The van der Waals surface area contributed by atoms with Gasteiger partial charge in [-0.05, 0) is 48.9 Å². The molecule has 1 N–H and O–H groups in total. The van der Waals surface area contributed by atoms with Crippen LogP contribution in [0.15, 0.2) is 18.2 Å². The van der Waals surface area contributed by atoms with Gasteiger partial charge in [-0.15, -0.1) is 0 Å². The van der Waals surface area contributed by atoms with Crippen LogP contribution in [-0.4, -0.2) is 28.6 Å². The van der Waals surface area contributed by atoms with E-state index in [0.717, 1.165) is 18.7 Å². The van der Waals surface area contributed by atoms with Crippen LogP contribution in [0.2, 0.25) is 0 Å². The molecule has 0 radical (unpaired) electrons. The summed E-state index contributed by atoms with van der Waals surface area (Å²) in [6.45, 7) is 8.61. The molecule has 1 aromatic rings. The SMILES string of the molecule is Cc1cc(C(=O)O)ccc1CN(CC(C)C)C1CCCC1. The van der Waals surface area contributed by atoms with Crippen LogP contribution in [0.1, 0.15) is 61.0 Å². The maximum Gasteiger partial charge on any atom is 0.335 e. The van der Waals surface area contributed by atoms with Gasteiger partial charge in [0.15, 0.2) is 0 Å². The van der Waals surface area contributed by atoms with Crippen LogP contribution in [0.3, 0.4) is 0 Å². The van der Waals surface area contributed by atoms with E-state index in [1.165, 1.54) is 31.2 Å². The summed E-state index contributed by atoms with van der Waals surface area (Å²) in [5.41, 5.74) is 2.72. The van der Waals surface area contributed by atoms with Gasteiger partial charge in [-0.25, -0.2) is 4.79 Å². The molecule has 0 bridgehead atoms. The van der Waals surface area contributed by atoms with Crippen LogP contribution in [0.25, 0.3) is 0 Å². The van der Waals surface area contributed by atoms with Crippen molar-refractivity contribution in [2.24, 2.45) is 5.92 Å². The lowest BCUT2D eigenvalue weighted by Crippen LogP contribution is -2.35. The first kappa shape index (κ1) is 16.0. The summed E-state index contributed by atoms with van der Waals surface area (Å²) < 4.78 is 0. The quantitative estimate of drug-likeness (QED) is 0.857. The molecular formula is C18H27NO2. The summed E-state index contributed by atoms with van der Waals surface area (Å²) in [6, 6.07) is 6.21. The van der Waals surface area contributed by atoms with E-state index < -0.39 is 5.97 Å². The predicted octanol–water partition coefficient (Wildman–Crippen LogP) is 4.09. The average Bonchev–Trinajstić information content (AvgIpc) is 2.93. The van der Waals surface area contributed by atoms with E-state index in [9.17, 15) is 4.79 Å². The molecule has 3 heteroatoms. The van der Waals surface area contributed by atoms with Crippen LogP contribution < -0.4 is 0 Å². The molecule has 1 fully saturated rings. The minimum Gasteiger partial charge on any atom is -0.478 e. The molecule has 1 saturated carbocycles. The highest BCUT2D eigenvalue weighted by atomic mass is 16.4. The Bertz CT molecular complexity index is 490. The van der Waals surface area contributed by atoms with Crippen molar-refractivity contribution in [1.29, 1.82) is 0 Å². The molecular weight excluding hydrogens is 262 g/mol. The first-order chi connectivity index (χ1) is 9.97. The normalized spacial score (nSPS) is 16.0. The first-order valence-electron chi connectivity index (χ1n) is 8.04. The second kappa shape index (κ2) is 7.08. The Hall–Kier alpha value is -1.35. The highest BCUT2D eigenvalue weighted by molar-refractivity contribution is 5.87. The first-order valence-corrected chi connectivity index (χ1v) is 8.04. The molecule has 0 aromatic heterocycles. The zero-order valence-electron chi connectivity index (χ0n) is 13.4. The Morgan fingerprint density at radius 2 is 2.00 bits per heavy atom. The molecule has 2 rings (SSSR count). The molecule has 3 nitrogen and oxygen atoms in total. The van der Waals surface area contributed by atoms with Gasteiger partial charge < -0.3 is 5.11 Å². The Morgan fingerprint density at radius 3 is 2.52 bits per heavy atom. The van der Waals surface area contributed by atoms with Crippen LogP contribution in [-0.2, 0) is 6.54 Å².